The third-order valence-corrected chi connectivity index (χ3v) is 2.56. The summed E-state index contributed by atoms with van der Waals surface area (Å²) in [6.07, 6.45) is 0. The quantitative estimate of drug-likeness (QED) is 0.652. The number of rotatable bonds is 2. The van der Waals surface area contributed by atoms with Gasteiger partial charge in [0.2, 0.25) is 5.91 Å². The first-order valence-corrected chi connectivity index (χ1v) is 4.06. The fourth-order valence-corrected chi connectivity index (χ4v) is 0.996. The number of amides is 1. The van der Waals surface area contributed by atoms with E-state index in [1.54, 1.807) is 0 Å². The van der Waals surface area contributed by atoms with Crippen LogP contribution in [0.5, 0.6) is 0 Å². The minimum atomic E-state index is -0.201. The zero-order chi connectivity index (χ0) is 9.23. The Morgan fingerprint density at radius 3 is 1.73 bits per heavy atom. The van der Waals surface area contributed by atoms with Gasteiger partial charge in [-0.3, -0.25) is 4.79 Å². The molecule has 1 amide bonds. The highest BCUT2D eigenvalue weighted by molar-refractivity contribution is 5.76. The molecule has 2 heteroatoms. The number of carbonyl (C=O) groups excluding carboxylic acids is 1. The summed E-state index contributed by atoms with van der Waals surface area (Å²) in [5, 5.41) is 0. The first-order chi connectivity index (χ1) is 4.76. The minimum absolute atomic E-state index is 0.0324. The Hall–Kier alpha value is -0.530. The number of carbonyl (C=O) groups is 1. The lowest BCUT2D eigenvalue weighted by Gasteiger charge is -2.30. The van der Waals surface area contributed by atoms with E-state index in [2.05, 4.69) is 27.7 Å². The molecule has 0 saturated carbocycles. The van der Waals surface area contributed by atoms with E-state index in [9.17, 15) is 4.79 Å². The fourth-order valence-electron chi connectivity index (χ4n) is 0.996. The van der Waals surface area contributed by atoms with Crippen LogP contribution in [0, 0.1) is 17.3 Å². The molecule has 0 bridgehead atoms. The molecule has 0 spiro atoms. The van der Waals surface area contributed by atoms with Gasteiger partial charge in [0.05, 0.1) is 0 Å². The maximum atomic E-state index is 10.8. The van der Waals surface area contributed by atoms with Crippen LogP contribution in [0.4, 0.5) is 0 Å². The minimum Gasteiger partial charge on any atom is -0.369 e. The van der Waals surface area contributed by atoms with Crippen molar-refractivity contribution in [3.8, 4) is 0 Å². The second-order valence-corrected chi connectivity index (χ2v) is 4.35. The van der Waals surface area contributed by atoms with E-state index in [1.165, 1.54) is 0 Å². The van der Waals surface area contributed by atoms with E-state index >= 15 is 0 Å². The van der Waals surface area contributed by atoms with Crippen molar-refractivity contribution < 1.29 is 4.79 Å². The van der Waals surface area contributed by atoms with Gasteiger partial charge >= 0.3 is 0 Å². The topological polar surface area (TPSA) is 43.1 Å². The molecule has 11 heavy (non-hydrogen) atoms. The molecule has 66 valence electrons. The van der Waals surface area contributed by atoms with Gasteiger partial charge in [-0.25, -0.2) is 0 Å². The maximum Gasteiger partial charge on any atom is 0.220 e. The summed E-state index contributed by atoms with van der Waals surface area (Å²) < 4.78 is 0. The lowest BCUT2D eigenvalue weighted by molar-refractivity contribution is -0.123. The third kappa shape index (κ3) is 2.91. The third-order valence-electron chi connectivity index (χ3n) is 2.56. The molecular weight excluding hydrogens is 138 g/mol. The summed E-state index contributed by atoms with van der Waals surface area (Å²) in [5.74, 6) is 0.0995. The molecule has 0 aromatic rings. The average molecular weight is 157 g/mol. The molecule has 0 aliphatic heterocycles. The Bertz CT molecular complexity index is 146. The Kier molecular flexibility index (Phi) is 3.09. The first kappa shape index (κ1) is 10.5. The molecule has 0 fully saturated rings. The highest BCUT2D eigenvalue weighted by Gasteiger charge is 2.28. The van der Waals surface area contributed by atoms with Gasteiger partial charge in [0, 0.05) is 5.92 Å². The Labute approximate surface area is 69.2 Å². The van der Waals surface area contributed by atoms with Crippen LogP contribution >= 0.6 is 0 Å². The second-order valence-electron chi connectivity index (χ2n) is 4.35. The van der Waals surface area contributed by atoms with Crippen molar-refractivity contribution >= 4 is 5.91 Å². The Morgan fingerprint density at radius 2 is 1.64 bits per heavy atom. The average Bonchev–Trinajstić information content (AvgIpc) is 1.82. The molecule has 0 aliphatic rings. The molecule has 2 atom stereocenters. The first-order valence-electron chi connectivity index (χ1n) is 4.06. The van der Waals surface area contributed by atoms with Gasteiger partial charge in [-0.15, -0.1) is 0 Å². The summed E-state index contributed by atoms with van der Waals surface area (Å²) >= 11 is 0. The van der Waals surface area contributed by atoms with Crippen molar-refractivity contribution in [2.45, 2.75) is 34.6 Å². The van der Waals surface area contributed by atoms with Gasteiger partial charge in [0.15, 0.2) is 0 Å². The number of primary amides is 1. The molecule has 0 radical (unpaired) electrons. The van der Waals surface area contributed by atoms with Crippen LogP contribution in [-0.4, -0.2) is 5.91 Å². The SMILES string of the molecule is CC(C(N)=O)C(C)C(C)(C)C. The van der Waals surface area contributed by atoms with E-state index in [4.69, 9.17) is 5.73 Å². The van der Waals surface area contributed by atoms with Crippen LogP contribution in [0.2, 0.25) is 0 Å². The van der Waals surface area contributed by atoms with Crippen LogP contribution in [-0.2, 0) is 4.79 Å². The molecule has 0 heterocycles. The van der Waals surface area contributed by atoms with Crippen molar-refractivity contribution in [1.82, 2.24) is 0 Å². The van der Waals surface area contributed by atoms with Crippen LogP contribution in [0.1, 0.15) is 34.6 Å². The van der Waals surface area contributed by atoms with Gasteiger partial charge in [-0.2, -0.15) is 0 Å². The van der Waals surface area contributed by atoms with E-state index < -0.39 is 0 Å². The monoisotopic (exact) mass is 157 g/mol. The van der Waals surface area contributed by atoms with Crippen molar-refractivity contribution in [3.05, 3.63) is 0 Å². The van der Waals surface area contributed by atoms with Gasteiger partial charge in [-0.1, -0.05) is 34.6 Å². The Balaban J connectivity index is 4.25. The molecule has 0 aromatic carbocycles. The van der Waals surface area contributed by atoms with Gasteiger partial charge < -0.3 is 5.73 Å². The van der Waals surface area contributed by atoms with Crippen molar-refractivity contribution in [2.24, 2.45) is 23.0 Å². The zero-order valence-corrected chi connectivity index (χ0v) is 8.14. The highest BCUT2D eigenvalue weighted by atomic mass is 16.1. The molecule has 2 unspecified atom stereocenters. The largest absolute Gasteiger partial charge is 0.369 e. The summed E-state index contributed by atoms with van der Waals surface area (Å²) in [6.45, 7) is 10.3. The second kappa shape index (κ2) is 3.24. The van der Waals surface area contributed by atoms with Crippen LogP contribution in [0.25, 0.3) is 0 Å². The normalized spacial score (nSPS) is 17.5. The van der Waals surface area contributed by atoms with Crippen molar-refractivity contribution in [2.75, 3.05) is 0 Å². The van der Waals surface area contributed by atoms with E-state index in [0.29, 0.717) is 5.92 Å². The highest BCUT2D eigenvalue weighted by Crippen LogP contribution is 2.31. The predicted octanol–water partition coefficient (Wildman–Crippen LogP) is 1.79. The fraction of sp³-hybridized carbons (Fsp3) is 0.889. The predicted molar refractivity (Wildman–Crippen MR) is 47.0 cm³/mol. The van der Waals surface area contributed by atoms with Crippen molar-refractivity contribution in [1.29, 1.82) is 0 Å². The van der Waals surface area contributed by atoms with Crippen LogP contribution in [0.3, 0.4) is 0 Å². The Morgan fingerprint density at radius 1 is 1.27 bits per heavy atom. The lowest BCUT2D eigenvalue weighted by atomic mass is 9.75. The van der Waals surface area contributed by atoms with E-state index in [0.717, 1.165) is 0 Å². The number of hydrogen-bond acceptors (Lipinski definition) is 1. The summed E-state index contributed by atoms with van der Waals surface area (Å²) in [5.41, 5.74) is 5.36. The van der Waals surface area contributed by atoms with Gasteiger partial charge in [-0.05, 0) is 11.3 Å². The number of nitrogens with two attached hydrogens (primary N) is 1. The molecule has 0 saturated heterocycles. The summed E-state index contributed by atoms with van der Waals surface area (Å²) in [6, 6.07) is 0. The van der Waals surface area contributed by atoms with Crippen molar-refractivity contribution in [3.63, 3.8) is 0 Å². The van der Waals surface area contributed by atoms with Gasteiger partial charge in [0.25, 0.3) is 0 Å². The van der Waals surface area contributed by atoms with Crippen LogP contribution in [0.15, 0.2) is 0 Å². The molecule has 0 aliphatic carbocycles. The molecule has 0 aromatic heterocycles. The smallest absolute Gasteiger partial charge is 0.220 e. The van der Waals surface area contributed by atoms with E-state index in [1.807, 2.05) is 6.92 Å². The molecule has 0 rings (SSSR count). The lowest BCUT2D eigenvalue weighted by Crippen LogP contribution is -2.33. The number of hydrogen-bond donors (Lipinski definition) is 1. The molecule has 2 N–H and O–H groups in total. The van der Waals surface area contributed by atoms with E-state index in [-0.39, 0.29) is 17.2 Å². The molecular formula is C9H19NO. The molecule has 2 nitrogen and oxygen atoms in total. The maximum absolute atomic E-state index is 10.8. The summed E-state index contributed by atoms with van der Waals surface area (Å²) in [7, 11) is 0. The van der Waals surface area contributed by atoms with Gasteiger partial charge in [0.1, 0.15) is 0 Å². The summed E-state index contributed by atoms with van der Waals surface area (Å²) in [4.78, 5) is 10.8. The standard InChI is InChI=1S/C9H19NO/c1-6(8(10)11)7(2)9(3,4)5/h6-7H,1-5H3,(H2,10,11). The van der Waals surface area contributed by atoms with Crippen LogP contribution < -0.4 is 5.73 Å². The zero-order valence-electron chi connectivity index (χ0n) is 8.14.